The van der Waals surface area contributed by atoms with Crippen molar-refractivity contribution >= 4 is 48.9 Å². The first kappa shape index (κ1) is 14.1. The van der Waals surface area contributed by atoms with E-state index < -0.39 is 0 Å². The Balaban J connectivity index is 1.91. The van der Waals surface area contributed by atoms with Gasteiger partial charge in [-0.25, -0.2) is 0 Å². The number of amides is 1. The van der Waals surface area contributed by atoms with Crippen molar-refractivity contribution in [1.29, 1.82) is 0 Å². The van der Waals surface area contributed by atoms with Gasteiger partial charge in [0, 0.05) is 9.17 Å². The third-order valence-corrected chi connectivity index (χ3v) is 4.67. The van der Waals surface area contributed by atoms with Gasteiger partial charge in [-0.3, -0.25) is 4.79 Å². The summed E-state index contributed by atoms with van der Waals surface area (Å²) in [6, 6.07) is 15.4. The zero-order valence-electron chi connectivity index (χ0n) is 11.2. The molecular weight excluding hydrogens is 350 g/mol. The summed E-state index contributed by atoms with van der Waals surface area (Å²) in [6.45, 7) is 0. The van der Waals surface area contributed by atoms with E-state index in [4.69, 9.17) is 4.74 Å². The summed E-state index contributed by atoms with van der Waals surface area (Å²) < 4.78 is 7.25. The van der Waals surface area contributed by atoms with Crippen LogP contribution in [0.5, 0.6) is 5.75 Å². The first-order valence-electron chi connectivity index (χ1n) is 6.31. The molecule has 2 aromatic carbocycles. The molecule has 3 nitrogen and oxygen atoms in total. The van der Waals surface area contributed by atoms with Crippen LogP contribution in [-0.2, 0) is 0 Å². The molecule has 0 radical (unpaired) electrons. The number of fused-ring (bicyclic) bond motifs is 1. The van der Waals surface area contributed by atoms with Crippen molar-refractivity contribution in [3.8, 4) is 5.75 Å². The van der Waals surface area contributed by atoms with E-state index in [1.807, 2.05) is 48.5 Å². The second kappa shape index (κ2) is 5.87. The summed E-state index contributed by atoms with van der Waals surface area (Å²) in [5, 5.41) is 3.97. The van der Waals surface area contributed by atoms with E-state index in [0.717, 1.165) is 14.6 Å². The van der Waals surface area contributed by atoms with Crippen LogP contribution < -0.4 is 10.1 Å². The van der Waals surface area contributed by atoms with Crippen molar-refractivity contribution in [3.63, 3.8) is 0 Å². The molecule has 0 atom stereocenters. The molecule has 0 aliphatic heterocycles. The zero-order chi connectivity index (χ0) is 14.8. The Bertz CT molecular complexity index is 780. The summed E-state index contributed by atoms with van der Waals surface area (Å²) in [5.41, 5.74) is 0.648. The van der Waals surface area contributed by atoms with Crippen molar-refractivity contribution in [3.05, 3.63) is 57.9 Å². The predicted octanol–water partition coefficient (Wildman–Crippen LogP) is 4.92. The molecule has 0 fully saturated rings. The Morgan fingerprint density at radius 2 is 2.00 bits per heavy atom. The van der Waals surface area contributed by atoms with Gasteiger partial charge < -0.3 is 10.1 Å². The van der Waals surface area contributed by atoms with Crippen molar-refractivity contribution in [2.45, 2.75) is 0 Å². The molecule has 1 aromatic heterocycles. The lowest BCUT2D eigenvalue weighted by Crippen LogP contribution is -2.11. The molecule has 5 heteroatoms. The molecule has 106 valence electrons. The molecule has 3 aromatic rings. The van der Waals surface area contributed by atoms with Crippen LogP contribution in [0.25, 0.3) is 10.1 Å². The van der Waals surface area contributed by atoms with Gasteiger partial charge in [0.05, 0.1) is 17.7 Å². The number of methoxy groups -OCH3 is 1. The van der Waals surface area contributed by atoms with E-state index in [0.29, 0.717) is 16.3 Å². The Labute approximate surface area is 134 Å². The fraction of sp³-hybridized carbons (Fsp3) is 0.0625. The maximum Gasteiger partial charge on any atom is 0.265 e. The molecule has 0 bridgehead atoms. The standard InChI is InChI=1S/C16H12BrNO2S/c1-20-13-7-6-11(17)9-12(13)18-16(19)15-8-10-4-2-3-5-14(10)21-15/h2-9H,1H3,(H,18,19). The number of hydrogen-bond acceptors (Lipinski definition) is 3. The number of benzene rings is 2. The quantitative estimate of drug-likeness (QED) is 0.718. The van der Waals surface area contributed by atoms with Crippen LogP contribution in [-0.4, -0.2) is 13.0 Å². The van der Waals surface area contributed by atoms with Crippen LogP contribution in [0.15, 0.2) is 53.0 Å². The smallest absolute Gasteiger partial charge is 0.265 e. The van der Waals surface area contributed by atoms with Gasteiger partial charge >= 0.3 is 0 Å². The van der Waals surface area contributed by atoms with Gasteiger partial charge in [-0.2, -0.15) is 0 Å². The van der Waals surface area contributed by atoms with Gasteiger partial charge in [0.25, 0.3) is 5.91 Å². The molecule has 0 saturated carbocycles. The molecule has 1 heterocycles. The maximum atomic E-state index is 12.4. The molecule has 21 heavy (non-hydrogen) atoms. The zero-order valence-corrected chi connectivity index (χ0v) is 13.6. The molecule has 0 spiro atoms. The molecule has 1 N–H and O–H groups in total. The van der Waals surface area contributed by atoms with Crippen LogP contribution in [0, 0.1) is 0 Å². The van der Waals surface area contributed by atoms with E-state index in [-0.39, 0.29) is 5.91 Å². The number of rotatable bonds is 3. The molecule has 0 unspecified atom stereocenters. The summed E-state index contributed by atoms with van der Waals surface area (Å²) in [7, 11) is 1.58. The third-order valence-electron chi connectivity index (χ3n) is 3.06. The van der Waals surface area contributed by atoms with Crippen LogP contribution in [0.4, 0.5) is 5.69 Å². The number of anilines is 1. The number of halogens is 1. The highest BCUT2D eigenvalue weighted by Gasteiger charge is 2.13. The Morgan fingerprint density at radius 1 is 1.19 bits per heavy atom. The van der Waals surface area contributed by atoms with Crippen molar-refractivity contribution < 1.29 is 9.53 Å². The van der Waals surface area contributed by atoms with Crippen molar-refractivity contribution in [1.82, 2.24) is 0 Å². The number of carbonyl (C=O) groups is 1. The highest BCUT2D eigenvalue weighted by Crippen LogP contribution is 2.30. The second-order valence-corrected chi connectivity index (χ2v) is 6.45. The van der Waals surface area contributed by atoms with Gasteiger partial charge in [0.1, 0.15) is 5.75 Å². The van der Waals surface area contributed by atoms with Gasteiger partial charge in [-0.15, -0.1) is 11.3 Å². The topological polar surface area (TPSA) is 38.3 Å². The van der Waals surface area contributed by atoms with Gasteiger partial charge in [-0.1, -0.05) is 34.1 Å². The van der Waals surface area contributed by atoms with E-state index in [1.165, 1.54) is 11.3 Å². The largest absolute Gasteiger partial charge is 0.495 e. The minimum atomic E-state index is -0.132. The minimum absolute atomic E-state index is 0.132. The molecular formula is C16H12BrNO2S. The van der Waals surface area contributed by atoms with Crippen LogP contribution in [0.1, 0.15) is 9.67 Å². The lowest BCUT2D eigenvalue weighted by Gasteiger charge is -2.09. The van der Waals surface area contributed by atoms with Crippen LogP contribution >= 0.6 is 27.3 Å². The van der Waals surface area contributed by atoms with Crippen LogP contribution in [0.3, 0.4) is 0 Å². The summed E-state index contributed by atoms with van der Waals surface area (Å²) in [5.74, 6) is 0.500. The monoisotopic (exact) mass is 361 g/mol. The van der Waals surface area contributed by atoms with Crippen molar-refractivity contribution in [2.75, 3.05) is 12.4 Å². The molecule has 1 amide bonds. The van der Waals surface area contributed by atoms with Gasteiger partial charge in [-0.05, 0) is 35.7 Å². The van der Waals surface area contributed by atoms with E-state index in [9.17, 15) is 4.79 Å². The minimum Gasteiger partial charge on any atom is -0.495 e. The Hall–Kier alpha value is -1.85. The van der Waals surface area contributed by atoms with E-state index >= 15 is 0 Å². The average molecular weight is 362 g/mol. The second-order valence-electron chi connectivity index (χ2n) is 4.45. The number of hydrogen-bond donors (Lipinski definition) is 1. The molecule has 0 saturated heterocycles. The van der Waals surface area contributed by atoms with Gasteiger partial charge in [0.2, 0.25) is 0 Å². The highest BCUT2D eigenvalue weighted by atomic mass is 79.9. The SMILES string of the molecule is COc1ccc(Br)cc1NC(=O)c1cc2ccccc2s1. The average Bonchev–Trinajstić information content (AvgIpc) is 2.91. The molecule has 0 aliphatic carbocycles. The Kier molecular flexibility index (Phi) is 3.94. The normalized spacial score (nSPS) is 10.6. The lowest BCUT2D eigenvalue weighted by atomic mass is 10.2. The lowest BCUT2D eigenvalue weighted by molar-refractivity contribution is 0.103. The fourth-order valence-corrected chi connectivity index (χ4v) is 3.37. The van der Waals surface area contributed by atoms with E-state index in [2.05, 4.69) is 21.2 Å². The first-order chi connectivity index (χ1) is 10.2. The summed E-state index contributed by atoms with van der Waals surface area (Å²) in [4.78, 5) is 13.1. The fourth-order valence-electron chi connectivity index (χ4n) is 2.06. The predicted molar refractivity (Wildman–Crippen MR) is 90.5 cm³/mol. The maximum absolute atomic E-state index is 12.4. The van der Waals surface area contributed by atoms with Crippen molar-refractivity contribution in [2.24, 2.45) is 0 Å². The number of carbonyl (C=O) groups excluding carboxylic acids is 1. The summed E-state index contributed by atoms with van der Waals surface area (Å²) in [6.07, 6.45) is 0. The third kappa shape index (κ3) is 2.94. The van der Waals surface area contributed by atoms with E-state index in [1.54, 1.807) is 7.11 Å². The first-order valence-corrected chi connectivity index (χ1v) is 7.92. The molecule has 0 aliphatic rings. The Morgan fingerprint density at radius 3 is 2.76 bits per heavy atom. The molecule has 3 rings (SSSR count). The number of thiophene rings is 1. The highest BCUT2D eigenvalue weighted by molar-refractivity contribution is 9.10. The number of nitrogens with one attached hydrogen (secondary N) is 1. The van der Waals surface area contributed by atoms with Gasteiger partial charge in [0.15, 0.2) is 0 Å². The number of ether oxygens (including phenoxy) is 1. The summed E-state index contributed by atoms with van der Waals surface area (Å²) >= 11 is 4.87. The van der Waals surface area contributed by atoms with Crippen LogP contribution in [0.2, 0.25) is 0 Å².